The van der Waals surface area contributed by atoms with Crippen molar-refractivity contribution in [2.45, 2.75) is 24.9 Å². The van der Waals surface area contributed by atoms with E-state index >= 15 is 0 Å². The van der Waals surface area contributed by atoms with Crippen molar-refractivity contribution in [2.24, 2.45) is 0 Å². The number of aliphatic hydroxyl groups excluding tert-OH is 1. The van der Waals surface area contributed by atoms with Gasteiger partial charge in [-0.15, -0.1) is 0 Å². The molecule has 1 aliphatic rings. The van der Waals surface area contributed by atoms with Gasteiger partial charge in [0.25, 0.3) is 0 Å². The monoisotopic (exact) mass is 333 g/mol. The highest BCUT2D eigenvalue weighted by Crippen LogP contribution is 2.46. The molecule has 0 saturated heterocycles. The maximum atomic E-state index is 11.6. The molecule has 5 nitrogen and oxygen atoms in total. The number of benzene rings is 1. The Hall–Kier alpha value is -2.92. The first-order valence-corrected chi connectivity index (χ1v) is 8.39. The minimum Gasteiger partial charge on any atom is -0.387 e. The van der Waals surface area contributed by atoms with E-state index in [4.69, 9.17) is 0 Å². The number of anilines is 2. The van der Waals surface area contributed by atoms with E-state index in [0.29, 0.717) is 12.8 Å². The number of carbonyl (C=O) groups is 1. The number of nitrogens with one attached hydrogen (secondary N) is 2. The van der Waals surface area contributed by atoms with E-state index in [2.05, 4.69) is 15.3 Å². The van der Waals surface area contributed by atoms with Crippen molar-refractivity contribution < 1.29 is 9.90 Å². The second-order valence-electron chi connectivity index (χ2n) is 6.26. The van der Waals surface area contributed by atoms with Crippen LogP contribution in [0.3, 0.4) is 0 Å². The van der Waals surface area contributed by atoms with E-state index in [1.165, 1.54) is 0 Å². The predicted octanol–water partition coefficient (Wildman–Crippen LogP) is 3.93. The molecule has 2 heterocycles. The zero-order chi connectivity index (χ0) is 17.2. The molecule has 0 fully saturated rings. The van der Waals surface area contributed by atoms with Crippen molar-refractivity contribution >= 4 is 17.7 Å². The number of aromatic amines is 1. The molecule has 1 aliphatic carbocycles. The molecule has 1 aromatic carbocycles. The topological polar surface area (TPSA) is 78.0 Å². The summed E-state index contributed by atoms with van der Waals surface area (Å²) in [4.78, 5) is 19.1. The molecule has 0 bridgehead atoms. The second kappa shape index (κ2) is 6.53. The smallest absolute Gasteiger partial charge is 0.127 e. The lowest BCUT2D eigenvalue weighted by Gasteiger charge is -2.23. The second-order valence-corrected chi connectivity index (χ2v) is 6.26. The third-order valence-corrected chi connectivity index (χ3v) is 4.70. The number of nitrogens with zero attached hydrogens (tertiary/aromatic N) is 1. The summed E-state index contributed by atoms with van der Waals surface area (Å²) in [7, 11) is 0. The highest BCUT2D eigenvalue weighted by Gasteiger charge is 2.32. The lowest BCUT2D eigenvalue weighted by molar-refractivity contribution is -0.109. The van der Waals surface area contributed by atoms with Crippen LogP contribution in [0.1, 0.15) is 36.1 Å². The fourth-order valence-corrected chi connectivity index (χ4v) is 3.47. The van der Waals surface area contributed by atoms with Crippen LogP contribution < -0.4 is 5.32 Å². The van der Waals surface area contributed by atoms with Gasteiger partial charge in [0.05, 0.1) is 23.2 Å². The van der Waals surface area contributed by atoms with Crippen molar-refractivity contribution in [1.29, 1.82) is 0 Å². The van der Waals surface area contributed by atoms with Crippen LogP contribution in [0.25, 0.3) is 11.3 Å². The summed E-state index contributed by atoms with van der Waals surface area (Å²) in [5, 5.41) is 13.9. The lowest BCUT2D eigenvalue weighted by atomic mass is 9.85. The Morgan fingerprint density at radius 3 is 2.60 bits per heavy atom. The summed E-state index contributed by atoms with van der Waals surface area (Å²) in [6, 6.07) is 13.7. The van der Waals surface area contributed by atoms with Crippen molar-refractivity contribution in [1.82, 2.24) is 9.97 Å². The summed E-state index contributed by atoms with van der Waals surface area (Å²) in [6.07, 6.45) is 5.08. The van der Waals surface area contributed by atoms with Gasteiger partial charge in [-0.25, -0.2) is 0 Å². The summed E-state index contributed by atoms with van der Waals surface area (Å²) >= 11 is 0. The number of rotatable bonds is 4. The van der Waals surface area contributed by atoms with Crippen LogP contribution in [-0.4, -0.2) is 21.4 Å². The molecule has 2 atom stereocenters. The van der Waals surface area contributed by atoms with E-state index < -0.39 is 6.10 Å². The zero-order valence-electron chi connectivity index (χ0n) is 13.6. The Bertz CT molecular complexity index is 875. The van der Waals surface area contributed by atoms with E-state index in [1.807, 2.05) is 42.5 Å². The van der Waals surface area contributed by atoms with Crippen LogP contribution in [-0.2, 0) is 4.79 Å². The van der Waals surface area contributed by atoms with Gasteiger partial charge < -0.3 is 20.2 Å². The van der Waals surface area contributed by atoms with Gasteiger partial charge >= 0.3 is 0 Å². The molecular formula is C20H19N3O2. The third-order valence-electron chi connectivity index (χ3n) is 4.70. The largest absolute Gasteiger partial charge is 0.387 e. The normalized spacial score (nSPS) is 19.2. The van der Waals surface area contributed by atoms with E-state index in [1.54, 1.807) is 12.4 Å². The molecule has 0 spiro atoms. The maximum absolute atomic E-state index is 11.6. The molecule has 3 N–H and O–H groups in total. The Labute approximate surface area is 145 Å². The SMILES string of the molecule is O=CC1CCC(O)c2[nH]c(-c3ccncc3)c(Nc3ccccc3)c21. The van der Waals surface area contributed by atoms with Gasteiger partial charge in [0, 0.05) is 35.1 Å². The quantitative estimate of drug-likeness (QED) is 0.632. The minimum atomic E-state index is -0.585. The highest BCUT2D eigenvalue weighted by atomic mass is 16.3. The number of aromatic nitrogens is 2. The molecule has 3 aromatic rings. The molecule has 4 rings (SSSR count). The first kappa shape index (κ1) is 15.6. The zero-order valence-corrected chi connectivity index (χ0v) is 13.6. The number of para-hydroxylation sites is 1. The first-order chi connectivity index (χ1) is 12.3. The van der Waals surface area contributed by atoms with Crippen LogP contribution in [0.2, 0.25) is 0 Å². The summed E-state index contributed by atoms with van der Waals surface area (Å²) in [5.74, 6) is -0.226. The number of hydrogen-bond donors (Lipinski definition) is 3. The van der Waals surface area contributed by atoms with Crippen LogP contribution in [0.15, 0.2) is 54.9 Å². The standard InChI is InChI=1S/C20H19N3O2/c24-12-14-6-7-16(25)19-17(14)20(22-15-4-2-1-3-5-15)18(23-19)13-8-10-21-11-9-13/h1-5,8-12,14,16,22-23,25H,6-7H2. The fourth-order valence-electron chi connectivity index (χ4n) is 3.47. The van der Waals surface area contributed by atoms with Crippen LogP contribution in [0, 0.1) is 0 Å². The molecule has 126 valence electrons. The van der Waals surface area contributed by atoms with Crippen LogP contribution in [0.4, 0.5) is 11.4 Å². The van der Waals surface area contributed by atoms with Gasteiger partial charge in [0.1, 0.15) is 6.29 Å². The van der Waals surface area contributed by atoms with Crippen molar-refractivity contribution in [3.63, 3.8) is 0 Å². The Kier molecular flexibility index (Phi) is 4.07. The third kappa shape index (κ3) is 2.83. The van der Waals surface area contributed by atoms with Crippen LogP contribution in [0.5, 0.6) is 0 Å². The number of aldehydes is 1. The first-order valence-electron chi connectivity index (χ1n) is 8.39. The summed E-state index contributed by atoms with van der Waals surface area (Å²) in [5.41, 5.74) is 5.20. The molecule has 0 amide bonds. The minimum absolute atomic E-state index is 0.226. The molecule has 0 radical (unpaired) electrons. The average Bonchev–Trinajstić information content (AvgIpc) is 3.04. The Morgan fingerprint density at radius 2 is 1.88 bits per heavy atom. The molecular weight excluding hydrogens is 314 g/mol. The Balaban J connectivity index is 1.90. The number of pyridine rings is 1. The molecule has 2 unspecified atom stereocenters. The number of hydrogen-bond acceptors (Lipinski definition) is 4. The maximum Gasteiger partial charge on any atom is 0.127 e. The molecule has 5 heteroatoms. The van der Waals surface area contributed by atoms with Crippen molar-refractivity contribution in [2.75, 3.05) is 5.32 Å². The van der Waals surface area contributed by atoms with Crippen molar-refractivity contribution in [3.8, 4) is 11.3 Å². The van der Waals surface area contributed by atoms with Gasteiger partial charge in [0.2, 0.25) is 0 Å². The molecule has 2 aromatic heterocycles. The number of H-pyrrole nitrogens is 1. The molecule has 0 saturated carbocycles. The van der Waals surface area contributed by atoms with Crippen LogP contribution >= 0.6 is 0 Å². The Morgan fingerprint density at radius 1 is 1.12 bits per heavy atom. The van der Waals surface area contributed by atoms with Gasteiger partial charge in [-0.1, -0.05) is 18.2 Å². The van der Waals surface area contributed by atoms with Gasteiger partial charge in [-0.05, 0) is 37.1 Å². The summed E-state index contributed by atoms with van der Waals surface area (Å²) < 4.78 is 0. The lowest BCUT2D eigenvalue weighted by Crippen LogP contribution is -2.15. The van der Waals surface area contributed by atoms with E-state index in [0.717, 1.165) is 40.2 Å². The molecule has 0 aliphatic heterocycles. The predicted molar refractivity (Wildman–Crippen MR) is 96.7 cm³/mol. The number of fused-ring (bicyclic) bond motifs is 1. The average molecular weight is 333 g/mol. The van der Waals surface area contributed by atoms with Gasteiger partial charge in [-0.2, -0.15) is 0 Å². The van der Waals surface area contributed by atoms with Crippen molar-refractivity contribution in [3.05, 3.63) is 66.1 Å². The number of aliphatic hydroxyl groups is 1. The summed E-state index contributed by atoms with van der Waals surface area (Å²) in [6.45, 7) is 0. The molecule has 25 heavy (non-hydrogen) atoms. The van der Waals surface area contributed by atoms with Gasteiger partial charge in [-0.3, -0.25) is 4.98 Å². The number of carbonyl (C=O) groups excluding carboxylic acids is 1. The highest BCUT2D eigenvalue weighted by molar-refractivity contribution is 5.86. The van der Waals surface area contributed by atoms with E-state index in [9.17, 15) is 9.90 Å². The van der Waals surface area contributed by atoms with E-state index in [-0.39, 0.29) is 5.92 Å². The van der Waals surface area contributed by atoms with Gasteiger partial charge in [0.15, 0.2) is 0 Å². The fraction of sp³-hybridized carbons (Fsp3) is 0.200.